The molecule has 145 heavy (non-hydrogen) atoms. The maximum atomic E-state index is 6.86. The Morgan fingerprint density at radius 3 is 0.641 bits per heavy atom. The Morgan fingerprint density at radius 1 is 0.207 bits per heavy atom. The van der Waals surface area contributed by atoms with E-state index in [1.807, 2.05) is 0 Å². The van der Waals surface area contributed by atoms with Crippen molar-refractivity contribution in [1.29, 1.82) is 0 Å². The predicted octanol–water partition coefficient (Wildman–Crippen LogP) is 34.2. The van der Waals surface area contributed by atoms with Crippen LogP contribution in [0.1, 0.15) is 481 Å². The number of hydrogen-bond donors (Lipinski definition) is 0. The number of hydrogen-bond acceptors (Lipinski definition) is 18. The van der Waals surface area contributed by atoms with Crippen LogP contribution in [0.4, 0.5) is 0 Å². The first-order valence-corrected chi connectivity index (χ1v) is 61.8. The Labute approximate surface area is 941 Å². The zero-order chi connectivity index (χ0) is 109. The number of ether oxygens (including phenoxy) is 18. The van der Waals surface area contributed by atoms with E-state index in [0.717, 1.165) is 126 Å². The first-order valence-electron chi connectivity index (χ1n) is 61.8. The van der Waals surface area contributed by atoms with Crippen molar-refractivity contribution in [1.82, 2.24) is 0 Å². The molecule has 18 nitrogen and oxygen atoms in total. The van der Waals surface area contributed by atoms with Gasteiger partial charge < -0.3 is 85.3 Å². The molecule has 0 bridgehead atoms. The molecule has 9 rings (SSSR count). The maximum absolute atomic E-state index is 6.86. The average Bonchev–Trinajstić information content (AvgIpc) is 0.888. The summed E-state index contributed by atoms with van der Waals surface area (Å²) in [6.45, 7) is 84.9. The second-order valence-corrected chi connectivity index (χ2v) is 46.5. The van der Waals surface area contributed by atoms with E-state index in [9.17, 15) is 0 Å². The van der Waals surface area contributed by atoms with Gasteiger partial charge in [-0.2, -0.15) is 0 Å². The van der Waals surface area contributed by atoms with Crippen LogP contribution in [0.3, 0.4) is 0 Å². The average molecular weight is 2180 g/mol. The molecule has 9 aliphatic rings. The first kappa shape index (κ1) is 144. The Balaban J connectivity index is 0.000000843. The van der Waals surface area contributed by atoms with Gasteiger partial charge in [0, 0.05) is 153 Å². The third kappa shape index (κ3) is 40.3. The van der Waals surface area contributed by atoms with Gasteiger partial charge in [0.05, 0.1) is 73.2 Å². The van der Waals surface area contributed by atoms with Crippen LogP contribution in [0.15, 0.2) is 0 Å². The third-order valence-electron chi connectivity index (χ3n) is 38.5. The molecule has 9 fully saturated rings. The van der Waals surface area contributed by atoms with Gasteiger partial charge in [0.15, 0.2) is 49.8 Å². The number of methoxy groups -OCH3 is 8. The summed E-state index contributed by atoms with van der Waals surface area (Å²) in [6.07, 6.45) is 44.4. The molecule has 26 unspecified atom stereocenters. The van der Waals surface area contributed by atoms with Crippen LogP contribution in [-0.2, 0) is 85.3 Å². The molecule has 0 spiro atoms. The van der Waals surface area contributed by atoms with E-state index in [1.54, 1.807) is 56.9 Å². The van der Waals surface area contributed by atoms with Crippen molar-refractivity contribution < 1.29 is 134 Å². The minimum Gasteiger partial charge on any atom is -0.371 e. The predicted molar refractivity (Wildman–Crippen MR) is 604 cm³/mol. The molecule has 19 heteroatoms. The molecule has 0 aliphatic carbocycles. The van der Waals surface area contributed by atoms with Crippen molar-refractivity contribution in [3.63, 3.8) is 0 Å². The Morgan fingerprint density at radius 2 is 0.414 bits per heavy atom. The summed E-state index contributed by atoms with van der Waals surface area (Å²) < 4.78 is 108. The van der Waals surface area contributed by atoms with Crippen LogP contribution < -0.4 is 0 Å². The summed E-state index contributed by atoms with van der Waals surface area (Å²) in [6, 6.07) is 0. The molecule has 0 aromatic rings. The molecule has 0 aromatic heterocycles. The summed E-state index contributed by atoms with van der Waals surface area (Å²) in [5, 5.41) is 0. The smallest absolute Gasteiger partial charge is 0.168 e. The molecule has 44 atom stereocenters. The SMILES string of the molecule is CCCC1O[C@@H](C(C)(C)OCC2O[C@@H](OC)C(CC)C(CC)[C@@H]2CC)C(CC)C(CC)[C@@H]1C.CCCC1O[C@@H](OC)C(CC)C(C)[C@@H]1CC.CCCC1O[C@@H](OC)C(CC)C(C)[C@@H]1CC.CCCC1O[C@@H](OC)C(CC)C(CC)[C@@H]1C.CCCC1O[C@@H](OC)C(CC)C(CC)[C@@H]1C.CCCC1O[C@@H](OC)C(CC)C(CC)[C@@H]1C.CCCC1O[C@@H](OC)C(CC)C(CC)[C@@H]1C.CCCC1O[C@](C)(OC)C(CC)[C@@H]1CC.[Xe]. The van der Waals surface area contributed by atoms with Crippen molar-refractivity contribution >= 4 is 0 Å². The van der Waals surface area contributed by atoms with Gasteiger partial charge in [-0.15, -0.1) is 0 Å². The zero-order valence-electron chi connectivity index (χ0n) is 104. The van der Waals surface area contributed by atoms with Gasteiger partial charge in [-0.05, 0) is 230 Å². The molecule has 0 radical (unpaired) electrons. The van der Waals surface area contributed by atoms with Crippen molar-refractivity contribution in [3.05, 3.63) is 0 Å². The van der Waals surface area contributed by atoms with Gasteiger partial charge in [-0.3, -0.25) is 0 Å². The molecule has 0 saturated carbocycles. The fraction of sp³-hybridized carbons (Fsp3) is 1.00. The van der Waals surface area contributed by atoms with Crippen LogP contribution in [0.25, 0.3) is 0 Å². The van der Waals surface area contributed by atoms with Crippen LogP contribution in [0.2, 0.25) is 0 Å². The van der Waals surface area contributed by atoms with Crippen molar-refractivity contribution in [3.8, 4) is 0 Å². The molecule has 9 aliphatic heterocycles. The van der Waals surface area contributed by atoms with E-state index < -0.39 is 0 Å². The molecule has 0 aromatic carbocycles. The van der Waals surface area contributed by atoms with Gasteiger partial charge in [0.2, 0.25) is 0 Å². The van der Waals surface area contributed by atoms with Crippen molar-refractivity contribution in [2.24, 2.45) is 154 Å². The van der Waals surface area contributed by atoms with Gasteiger partial charge in [0.1, 0.15) is 0 Å². The Hall–Kier alpha value is 0.851. The van der Waals surface area contributed by atoms with Gasteiger partial charge >= 0.3 is 0 Å². The van der Waals surface area contributed by atoms with E-state index in [1.165, 1.54) is 122 Å². The molecule has 870 valence electrons. The zero-order valence-corrected chi connectivity index (χ0v) is 106. The van der Waals surface area contributed by atoms with Crippen molar-refractivity contribution in [2.75, 3.05) is 63.5 Å². The van der Waals surface area contributed by atoms with E-state index >= 15 is 0 Å². The second-order valence-electron chi connectivity index (χ2n) is 46.5. The molecule has 0 amide bonds. The summed E-state index contributed by atoms with van der Waals surface area (Å²) in [7, 11) is 14.2. The van der Waals surface area contributed by atoms with Crippen LogP contribution in [0, 0.1) is 203 Å². The second kappa shape index (κ2) is 78.1. The van der Waals surface area contributed by atoms with Crippen LogP contribution in [0.5, 0.6) is 0 Å². The molecule has 0 N–H and O–H groups in total. The Bertz CT molecular complexity index is 2840. The fourth-order valence-electron chi connectivity index (χ4n) is 30.2. The molecular weight excluding hydrogens is 1930 g/mol. The van der Waals surface area contributed by atoms with Crippen molar-refractivity contribution in [2.45, 2.75) is 597 Å². The monoisotopic (exact) mass is 2180 g/mol. The standard InChI is InChI=1S/C29H56O4.6C14H28O2.C13H26O2.Xe/c1-11-17-25-19(7)20(12-2)23(15-5)27(32-25)29(8,9)31-18-26-22(14-4)21(13-3)24(16-6)28(30-10)33-26;4*1-6-9-13-10(4)11(7-2)12(8-3)14(15-5)16-13;2*1-6-9-13-11(7-2)10(4)12(8-3)14(15-5)16-13;1-6-9-12-10(7-2)11(8-3)13(4,14-5)15-12;/h19-28H,11-18H2,1-10H3;6*10-14H,6-9H2,1-5H3;10-12H,6-9H2,1-5H3;/t19-,20?,21?,22-,23?,24?,25?,26?,27+,28+;4*10-,11?,12?,13?,14+;2*10?,11-,12?,13?,14+;10-,11?,12?,13-;/m00000000./s1. The van der Waals surface area contributed by atoms with E-state index in [4.69, 9.17) is 85.3 Å². The molecule has 9 saturated heterocycles. The Kier molecular flexibility index (Phi) is 77.5. The molecule has 9 heterocycles. The maximum Gasteiger partial charge on any atom is 0.168 e. The normalized spacial score (nSPS) is 39.8. The third-order valence-corrected chi connectivity index (χ3v) is 38.5. The van der Waals surface area contributed by atoms with Crippen LogP contribution in [-0.4, -0.2) is 180 Å². The first-order chi connectivity index (χ1) is 69.0. The van der Waals surface area contributed by atoms with Gasteiger partial charge in [0.25, 0.3) is 0 Å². The van der Waals surface area contributed by atoms with Gasteiger partial charge in [-0.1, -0.05) is 357 Å². The fourth-order valence-corrected chi connectivity index (χ4v) is 30.2. The summed E-state index contributed by atoms with van der Waals surface area (Å²) in [4.78, 5) is 0. The minimum absolute atomic E-state index is 0. The quantitative estimate of drug-likeness (QED) is 0.0564. The molecular formula is C126H250O18Xe. The largest absolute Gasteiger partial charge is 0.371 e. The van der Waals surface area contributed by atoms with E-state index in [-0.39, 0.29) is 117 Å². The summed E-state index contributed by atoms with van der Waals surface area (Å²) in [5.41, 5.74) is -0.353. The van der Waals surface area contributed by atoms with E-state index in [0.29, 0.717) is 186 Å². The summed E-state index contributed by atoms with van der Waals surface area (Å²) in [5.74, 6) is 16.2. The van der Waals surface area contributed by atoms with Crippen LogP contribution >= 0.6 is 0 Å². The summed E-state index contributed by atoms with van der Waals surface area (Å²) >= 11 is 0. The van der Waals surface area contributed by atoms with E-state index in [2.05, 4.69) is 256 Å². The minimum atomic E-state index is -0.353. The topological polar surface area (TPSA) is 166 Å². The number of rotatable bonds is 47. The van der Waals surface area contributed by atoms with Gasteiger partial charge in [-0.25, -0.2) is 0 Å².